The lowest BCUT2D eigenvalue weighted by Crippen LogP contribution is -2.41. The zero-order valence-corrected chi connectivity index (χ0v) is 18.4. The Labute approximate surface area is 186 Å². The molecule has 9 heteroatoms. The summed E-state index contributed by atoms with van der Waals surface area (Å²) < 4.78 is 6.57. The molecule has 3 aromatic rings. The van der Waals surface area contributed by atoms with Crippen LogP contribution in [0.5, 0.6) is 0 Å². The third-order valence-corrected chi connectivity index (χ3v) is 5.57. The van der Waals surface area contributed by atoms with Gasteiger partial charge in [0.1, 0.15) is 0 Å². The van der Waals surface area contributed by atoms with Gasteiger partial charge in [-0.25, -0.2) is 9.48 Å². The van der Waals surface area contributed by atoms with Gasteiger partial charge in [0.05, 0.1) is 30.0 Å². The number of piperidine rings is 1. The Balaban J connectivity index is 1.45. The lowest BCUT2D eigenvalue weighted by molar-refractivity contribution is -0.120. The molecule has 166 valence electrons. The Bertz CT molecular complexity index is 1130. The SMILES string of the molecule is COC(=O)c1ccccc1NC(=O)[C@H]1CCCN(c2ccc(-n3nc(C)cc3C)nn2)C1. The van der Waals surface area contributed by atoms with E-state index in [4.69, 9.17) is 4.74 Å². The van der Waals surface area contributed by atoms with Crippen molar-refractivity contribution < 1.29 is 14.3 Å². The number of amides is 1. The summed E-state index contributed by atoms with van der Waals surface area (Å²) in [5.74, 6) is 0.544. The summed E-state index contributed by atoms with van der Waals surface area (Å²) in [5.41, 5.74) is 2.70. The number of hydrogen-bond donors (Lipinski definition) is 1. The topological polar surface area (TPSA) is 102 Å². The van der Waals surface area contributed by atoms with Crippen LogP contribution in [0.1, 0.15) is 34.6 Å². The molecule has 4 rings (SSSR count). The number of methoxy groups -OCH3 is 1. The van der Waals surface area contributed by atoms with Gasteiger partial charge in [-0.2, -0.15) is 5.10 Å². The van der Waals surface area contributed by atoms with E-state index in [-0.39, 0.29) is 11.8 Å². The molecule has 1 aliphatic rings. The molecule has 1 atom stereocenters. The maximum absolute atomic E-state index is 12.9. The smallest absolute Gasteiger partial charge is 0.339 e. The number of para-hydroxylation sites is 1. The second-order valence-electron chi connectivity index (χ2n) is 7.90. The van der Waals surface area contributed by atoms with Gasteiger partial charge in [-0.05, 0) is 57.0 Å². The summed E-state index contributed by atoms with van der Waals surface area (Å²) in [5, 5.41) is 16.0. The number of esters is 1. The van der Waals surface area contributed by atoms with Crippen LogP contribution in [0.3, 0.4) is 0 Å². The fourth-order valence-electron chi connectivity index (χ4n) is 3.97. The number of carbonyl (C=O) groups excluding carboxylic acids is 2. The van der Waals surface area contributed by atoms with Gasteiger partial charge in [-0.15, -0.1) is 10.2 Å². The van der Waals surface area contributed by atoms with E-state index in [1.165, 1.54) is 7.11 Å². The minimum Gasteiger partial charge on any atom is -0.465 e. The van der Waals surface area contributed by atoms with Crippen LogP contribution < -0.4 is 10.2 Å². The quantitative estimate of drug-likeness (QED) is 0.616. The molecule has 0 saturated carbocycles. The normalized spacial score (nSPS) is 16.0. The van der Waals surface area contributed by atoms with E-state index in [1.54, 1.807) is 28.9 Å². The zero-order valence-electron chi connectivity index (χ0n) is 18.4. The molecule has 3 heterocycles. The summed E-state index contributed by atoms with van der Waals surface area (Å²) in [4.78, 5) is 27.0. The van der Waals surface area contributed by atoms with Crippen molar-refractivity contribution in [2.24, 2.45) is 5.92 Å². The fraction of sp³-hybridized carbons (Fsp3) is 0.348. The van der Waals surface area contributed by atoms with E-state index < -0.39 is 5.97 Å². The number of anilines is 2. The molecule has 1 aromatic carbocycles. The first-order valence-corrected chi connectivity index (χ1v) is 10.6. The van der Waals surface area contributed by atoms with E-state index in [2.05, 4.69) is 25.5 Å². The van der Waals surface area contributed by atoms with E-state index in [0.29, 0.717) is 23.6 Å². The molecule has 1 aliphatic heterocycles. The summed E-state index contributed by atoms with van der Waals surface area (Å²) in [7, 11) is 1.32. The largest absolute Gasteiger partial charge is 0.465 e. The first-order chi connectivity index (χ1) is 15.5. The standard InChI is InChI=1S/C23H26N6O3/c1-15-13-16(2)29(27-15)21-11-10-20(25-26-21)28-12-6-7-17(14-28)22(30)24-19-9-5-4-8-18(19)23(31)32-3/h4-5,8-11,13,17H,6-7,12,14H2,1-3H3,(H,24,30)/t17-/m0/s1. The number of aromatic nitrogens is 4. The first-order valence-electron chi connectivity index (χ1n) is 10.6. The van der Waals surface area contributed by atoms with Gasteiger partial charge in [-0.3, -0.25) is 4.79 Å². The monoisotopic (exact) mass is 434 g/mol. The van der Waals surface area contributed by atoms with Gasteiger partial charge in [0.15, 0.2) is 11.6 Å². The number of ether oxygens (including phenoxy) is 1. The van der Waals surface area contributed by atoms with Crippen LogP contribution >= 0.6 is 0 Å². The van der Waals surface area contributed by atoms with Gasteiger partial charge in [0.2, 0.25) is 5.91 Å². The highest BCUT2D eigenvalue weighted by Gasteiger charge is 2.27. The number of nitrogens with zero attached hydrogens (tertiary/aromatic N) is 5. The Kier molecular flexibility index (Phi) is 6.16. The van der Waals surface area contributed by atoms with Crippen molar-refractivity contribution in [1.29, 1.82) is 0 Å². The Morgan fingerprint density at radius 3 is 2.53 bits per heavy atom. The second-order valence-corrected chi connectivity index (χ2v) is 7.90. The van der Waals surface area contributed by atoms with Crippen molar-refractivity contribution in [3.63, 3.8) is 0 Å². The maximum Gasteiger partial charge on any atom is 0.339 e. The zero-order chi connectivity index (χ0) is 22.7. The number of aryl methyl sites for hydroxylation is 2. The lowest BCUT2D eigenvalue weighted by atomic mass is 9.97. The van der Waals surface area contributed by atoms with Gasteiger partial charge < -0.3 is 15.0 Å². The Morgan fingerprint density at radius 1 is 1.09 bits per heavy atom. The maximum atomic E-state index is 12.9. The molecule has 1 N–H and O–H groups in total. The van der Waals surface area contributed by atoms with Crippen molar-refractivity contribution >= 4 is 23.4 Å². The van der Waals surface area contributed by atoms with Crippen molar-refractivity contribution in [3.8, 4) is 5.82 Å². The molecule has 1 saturated heterocycles. The number of carbonyl (C=O) groups is 2. The summed E-state index contributed by atoms with van der Waals surface area (Å²) in [6.45, 7) is 5.24. The number of hydrogen-bond acceptors (Lipinski definition) is 7. The molecule has 1 fully saturated rings. The molecule has 0 spiro atoms. The van der Waals surface area contributed by atoms with Crippen molar-refractivity contribution in [2.45, 2.75) is 26.7 Å². The van der Waals surface area contributed by atoms with Crippen LogP contribution in [-0.2, 0) is 9.53 Å². The molecule has 1 amide bonds. The van der Waals surface area contributed by atoms with Gasteiger partial charge in [0.25, 0.3) is 0 Å². The minimum atomic E-state index is -0.482. The van der Waals surface area contributed by atoms with E-state index in [0.717, 1.165) is 36.6 Å². The van der Waals surface area contributed by atoms with Crippen LogP contribution in [0.15, 0.2) is 42.5 Å². The fourth-order valence-corrected chi connectivity index (χ4v) is 3.97. The highest BCUT2D eigenvalue weighted by molar-refractivity contribution is 6.02. The highest BCUT2D eigenvalue weighted by atomic mass is 16.5. The lowest BCUT2D eigenvalue weighted by Gasteiger charge is -2.32. The van der Waals surface area contributed by atoms with Crippen molar-refractivity contribution in [2.75, 3.05) is 30.4 Å². The Hall–Kier alpha value is -3.75. The number of benzene rings is 1. The van der Waals surface area contributed by atoms with E-state index >= 15 is 0 Å². The van der Waals surface area contributed by atoms with Crippen LogP contribution in [0.25, 0.3) is 5.82 Å². The van der Waals surface area contributed by atoms with Crippen LogP contribution in [0.4, 0.5) is 11.5 Å². The summed E-state index contributed by atoms with van der Waals surface area (Å²) in [6.07, 6.45) is 1.62. The van der Waals surface area contributed by atoms with Gasteiger partial charge >= 0.3 is 5.97 Å². The van der Waals surface area contributed by atoms with E-state index in [9.17, 15) is 9.59 Å². The molecular formula is C23H26N6O3. The average Bonchev–Trinajstić information content (AvgIpc) is 3.16. The van der Waals surface area contributed by atoms with Crippen LogP contribution in [0.2, 0.25) is 0 Å². The predicted molar refractivity (Wildman–Crippen MR) is 120 cm³/mol. The highest BCUT2D eigenvalue weighted by Crippen LogP contribution is 2.24. The van der Waals surface area contributed by atoms with Crippen LogP contribution in [-0.4, -0.2) is 52.1 Å². The third kappa shape index (κ3) is 4.46. The molecule has 9 nitrogen and oxygen atoms in total. The first kappa shape index (κ1) is 21.5. The van der Waals surface area contributed by atoms with Crippen LogP contribution in [0, 0.1) is 19.8 Å². The van der Waals surface area contributed by atoms with Gasteiger partial charge in [-0.1, -0.05) is 12.1 Å². The number of nitrogens with one attached hydrogen (secondary N) is 1. The summed E-state index contributed by atoms with van der Waals surface area (Å²) in [6, 6.07) is 12.6. The molecule has 0 aliphatic carbocycles. The predicted octanol–water partition coefficient (Wildman–Crippen LogP) is 2.92. The second kappa shape index (κ2) is 9.17. The molecule has 0 unspecified atom stereocenters. The molecular weight excluding hydrogens is 408 g/mol. The minimum absolute atomic E-state index is 0.127. The summed E-state index contributed by atoms with van der Waals surface area (Å²) >= 11 is 0. The average molecular weight is 435 g/mol. The molecule has 2 aromatic heterocycles. The molecule has 0 bridgehead atoms. The van der Waals surface area contributed by atoms with Gasteiger partial charge in [0, 0.05) is 18.8 Å². The molecule has 0 radical (unpaired) electrons. The third-order valence-electron chi connectivity index (χ3n) is 5.57. The van der Waals surface area contributed by atoms with Crippen molar-refractivity contribution in [3.05, 3.63) is 59.4 Å². The van der Waals surface area contributed by atoms with Crippen molar-refractivity contribution in [1.82, 2.24) is 20.0 Å². The van der Waals surface area contributed by atoms with E-state index in [1.807, 2.05) is 32.0 Å². The molecule has 32 heavy (non-hydrogen) atoms. The Morgan fingerprint density at radius 2 is 1.84 bits per heavy atom. The number of rotatable bonds is 5.